The number of nitrogens with zero attached hydrogens (tertiary/aromatic N) is 2. The molecule has 0 spiro atoms. The predicted molar refractivity (Wildman–Crippen MR) is 134 cm³/mol. The van der Waals surface area contributed by atoms with Gasteiger partial charge in [-0.2, -0.15) is 0 Å². The van der Waals surface area contributed by atoms with Crippen LogP contribution in [0.25, 0.3) is 0 Å². The minimum absolute atomic E-state index is 0.105. The SMILES string of the molecule is COc1ccc(CN(CC[C@@]2(Cc3ccccc3)C[C@@H](C)N(C)C[C@@H]2C)C(C)=O)cc1OC. The number of hydrogen-bond donors (Lipinski definition) is 0. The minimum Gasteiger partial charge on any atom is -0.493 e. The van der Waals surface area contributed by atoms with E-state index in [1.807, 2.05) is 23.1 Å². The summed E-state index contributed by atoms with van der Waals surface area (Å²) in [6, 6.07) is 17.2. The summed E-state index contributed by atoms with van der Waals surface area (Å²) in [5.74, 6) is 2.05. The van der Waals surface area contributed by atoms with Crippen LogP contribution in [-0.4, -0.2) is 56.1 Å². The van der Waals surface area contributed by atoms with Gasteiger partial charge in [0.1, 0.15) is 0 Å². The van der Waals surface area contributed by atoms with Gasteiger partial charge in [-0.05, 0) is 67.8 Å². The summed E-state index contributed by atoms with van der Waals surface area (Å²) >= 11 is 0. The second-order valence-corrected chi connectivity index (χ2v) is 9.80. The van der Waals surface area contributed by atoms with Crippen LogP contribution in [-0.2, 0) is 17.8 Å². The zero-order valence-corrected chi connectivity index (χ0v) is 21.1. The normalized spacial score (nSPS) is 23.2. The summed E-state index contributed by atoms with van der Waals surface area (Å²) in [7, 11) is 5.50. The maximum atomic E-state index is 12.6. The van der Waals surface area contributed by atoms with Crippen molar-refractivity contribution >= 4 is 5.91 Å². The lowest BCUT2D eigenvalue weighted by Crippen LogP contribution is -2.51. The van der Waals surface area contributed by atoms with Crippen LogP contribution in [0.2, 0.25) is 0 Å². The molecule has 180 valence electrons. The summed E-state index contributed by atoms with van der Waals surface area (Å²) in [4.78, 5) is 17.1. The molecule has 1 fully saturated rings. The van der Waals surface area contributed by atoms with Crippen LogP contribution < -0.4 is 9.47 Å². The Bertz CT molecular complexity index is 917. The van der Waals surface area contributed by atoms with Crippen molar-refractivity contribution in [3.05, 3.63) is 59.7 Å². The molecule has 0 N–H and O–H groups in total. The van der Waals surface area contributed by atoms with E-state index in [-0.39, 0.29) is 11.3 Å². The number of rotatable bonds is 9. The molecule has 1 saturated heterocycles. The van der Waals surface area contributed by atoms with Crippen molar-refractivity contribution in [3.63, 3.8) is 0 Å². The standard InChI is InChI=1S/C28H40N2O3/c1-21-19-29(4)22(2)17-28(21,18-24-10-8-7-9-11-24)14-15-30(23(3)31)20-25-12-13-26(32-5)27(16-25)33-6/h7-13,16,21-22H,14-15,17-20H2,1-6H3/t21-,22+,28-/m0/s1. The van der Waals surface area contributed by atoms with Gasteiger partial charge < -0.3 is 19.3 Å². The van der Waals surface area contributed by atoms with Gasteiger partial charge in [0.25, 0.3) is 0 Å². The average Bonchev–Trinajstić information content (AvgIpc) is 2.80. The minimum atomic E-state index is 0.105. The monoisotopic (exact) mass is 452 g/mol. The van der Waals surface area contributed by atoms with E-state index in [0.717, 1.165) is 37.9 Å². The highest BCUT2D eigenvalue weighted by Crippen LogP contribution is 2.44. The number of likely N-dealkylation sites (tertiary alicyclic amines) is 1. The van der Waals surface area contributed by atoms with Crippen molar-refractivity contribution in [3.8, 4) is 11.5 Å². The van der Waals surface area contributed by atoms with Crippen LogP contribution >= 0.6 is 0 Å². The second-order valence-electron chi connectivity index (χ2n) is 9.80. The van der Waals surface area contributed by atoms with Crippen LogP contribution in [0.3, 0.4) is 0 Å². The molecule has 3 rings (SSSR count). The summed E-state index contributed by atoms with van der Waals surface area (Å²) < 4.78 is 10.8. The van der Waals surface area contributed by atoms with E-state index in [2.05, 4.69) is 56.1 Å². The fourth-order valence-electron chi connectivity index (χ4n) is 5.34. The fraction of sp³-hybridized carbons (Fsp3) is 0.536. The molecule has 1 amide bonds. The molecule has 2 aromatic rings. The third-order valence-electron chi connectivity index (χ3n) is 7.61. The van der Waals surface area contributed by atoms with Gasteiger partial charge in [-0.3, -0.25) is 4.79 Å². The van der Waals surface area contributed by atoms with Crippen molar-refractivity contribution in [2.75, 3.05) is 34.4 Å². The van der Waals surface area contributed by atoms with Crippen LogP contribution in [0.4, 0.5) is 0 Å². The number of carbonyl (C=O) groups is 1. The quantitative estimate of drug-likeness (QED) is 0.535. The first-order valence-electron chi connectivity index (χ1n) is 12.0. The van der Waals surface area contributed by atoms with Crippen LogP contribution in [0.1, 0.15) is 44.7 Å². The number of piperidine rings is 1. The Labute approximate surface area is 199 Å². The van der Waals surface area contributed by atoms with Gasteiger partial charge in [0, 0.05) is 32.6 Å². The Morgan fingerprint density at radius 2 is 1.76 bits per heavy atom. The number of amides is 1. The number of carbonyl (C=O) groups excluding carboxylic acids is 1. The second kappa shape index (κ2) is 11.1. The topological polar surface area (TPSA) is 42.0 Å². The molecule has 3 atom stereocenters. The Hall–Kier alpha value is -2.53. The van der Waals surface area contributed by atoms with E-state index >= 15 is 0 Å². The van der Waals surface area contributed by atoms with E-state index in [9.17, 15) is 4.79 Å². The molecule has 0 unspecified atom stereocenters. The Balaban J connectivity index is 1.80. The van der Waals surface area contributed by atoms with Crippen molar-refractivity contribution in [1.82, 2.24) is 9.80 Å². The highest BCUT2D eigenvalue weighted by molar-refractivity contribution is 5.73. The number of ether oxygens (including phenoxy) is 2. The largest absolute Gasteiger partial charge is 0.493 e. The van der Waals surface area contributed by atoms with Gasteiger partial charge in [0.05, 0.1) is 14.2 Å². The molecule has 0 radical (unpaired) electrons. The molecular formula is C28H40N2O3. The lowest BCUT2D eigenvalue weighted by Gasteiger charge is -2.50. The van der Waals surface area contributed by atoms with Gasteiger partial charge in [-0.25, -0.2) is 0 Å². The van der Waals surface area contributed by atoms with E-state index < -0.39 is 0 Å². The maximum Gasteiger partial charge on any atom is 0.219 e. The first-order valence-corrected chi connectivity index (χ1v) is 12.0. The Morgan fingerprint density at radius 3 is 2.39 bits per heavy atom. The molecule has 2 aromatic carbocycles. The van der Waals surface area contributed by atoms with Gasteiger partial charge in [-0.15, -0.1) is 0 Å². The van der Waals surface area contributed by atoms with E-state index in [1.165, 1.54) is 5.56 Å². The van der Waals surface area contributed by atoms with E-state index in [0.29, 0.717) is 30.0 Å². The van der Waals surface area contributed by atoms with Gasteiger partial charge >= 0.3 is 0 Å². The van der Waals surface area contributed by atoms with E-state index in [1.54, 1.807) is 21.1 Å². The predicted octanol–water partition coefficient (Wildman–Crippen LogP) is 5.03. The van der Waals surface area contributed by atoms with Gasteiger partial charge in [-0.1, -0.05) is 43.3 Å². The van der Waals surface area contributed by atoms with Crippen LogP contribution in [0.5, 0.6) is 11.5 Å². The first kappa shape index (κ1) is 25.1. The number of benzene rings is 2. The van der Waals surface area contributed by atoms with Crippen LogP contribution in [0, 0.1) is 11.3 Å². The number of methoxy groups -OCH3 is 2. The fourth-order valence-corrected chi connectivity index (χ4v) is 5.34. The van der Waals surface area contributed by atoms with Crippen molar-refractivity contribution in [2.24, 2.45) is 11.3 Å². The molecule has 0 bridgehead atoms. The summed E-state index contributed by atoms with van der Waals surface area (Å²) in [5.41, 5.74) is 2.60. The first-order chi connectivity index (χ1) is 15.8. The molecule has 5 heteroatoms. The molecule has 1 aliphatic rings. The Kier molecular flexibility index (Phi) is 8.41. The molecule has 5 nitrogen and oxygen atoms in total. The summed E-state index contributed by atoms with van der Waals surface area (Å²) in [6.45, 7) is 8.79. The average molecular weight is 453 g/mol. The van der Waals surface area contributed by atoms with Crippen molar-refractivity contribution in [1.29, 1.82) is 0 Å². The highest BCUT2D eigenvalue weighted by atomic mass is 16.5. The molecular weight excluding hydrogens is 412 g/mol. The third kappa shape index (κ3) is 6.08. The van der Waals surface area contributed by atoms with E-state index in [4.69, 9.17) is 9.47 Å². The smallest absolute Gasteiger partial charge is 0.219 e. The molecule has 1 heterocycles. The van der Waals surface area contributed by atoms with Gasteiger partial charge in [0.2, 0.25) is 5.91 Å². The maximum absolute atomic E-state index is 12.6. The molecule has 0 aromatic heterocycles. The molecule has 0 aliphatic carbocycles. The zero-order valence-electron chi connectivity index (χ0n) is 21.1. The molecule has 0 saturated carbocycles. The summed E-state index contributed by atoms with van der Waals surface area (Å²) in [5, 5.41) is 0. The van der Waals surface area contributed by atoms with Crippen LogP contribution in [0.15, 0.2) is 48.5 Å². The zero-order chi connectivity index (χ0) is 24.0. The lowest BCUT2D eigenvalue weighted by atomic mass is 9.63. The number of hydrogen-bond acceptors (Lipinski definition) is 4. The highest BCUT2D eigenvalue weighted by Gasteiger charge is 2.42. The third-order valence-corrected chi connectivity index (χ3v) is 7.61. The Morgan fingerprint density at radius 1 is 1.06 bits per heavy atom. The lowest BCUT2D eigenvalue weighted by molar-refractivity contribution is -0.130. The summed E-state index contributed by atoms with van der Waals surface area (Å²) in [6.07, 6.45) is 3.19. The van der Waals surface area contributed by atoms with Crippen molar-refractivity contribution in [2.45, 2.75) is 52.6 Å². The molecule has 1 aliphatic heterocycles. The molecule has 33 heavy (non-hydrogen) atoms. The van der Waals surface area contributed by atoms with Gasteiger partial charge in [0.15, 0.2) is 11.5 Å². The van der Waals surface area contributed by atoms with Crippen molar-refractivity contribution < 1.29 is 14.3 Å².